The fraction of sp³-hybridized carbons (Fsp3) is 0.375. The van der Waals surface area contributed by atoms with E-state index in [-0.39, 0.29) is 37.2 Å². The van der Waals surface area contributed by atoms with Gasteiger partial charge in [-0.1, -0.05) is 48.9 Å². The Morgan fingerprint density at radius 2 is 1.85 bits per heavy atom. The number of benzene rings is 2. The second-order valence-corrected chi connectivity index (χ2v) is 8.37. The van der Waals surface area contributed by atoms with Gasteiger partial charge >= 0.3 is 12.1 Å². The number of rotatable bonds is 7. The molecule has 1 fully saturated rings. The summed E-state index contributed by atoms with van der Waals surface area (Å²) in [5.74, 6) is -0.175. The van der Waals surface area contributed by atoms with E-state index in [1.54, 1.807) is 11.0 Å². The number of amides is 4. The molecule has 0 radical (unpaired) electrons. The third kappa shape index (κ3) is 7.12. The molecule has 8 nitrogen and oxygen atoms in total. The first-order chi connectivity index (χ1) is 15.9. The van der Waals surface area contributed by atoms with Crippen molar-refractivity contribution < 1.29 is 19.1 Å². The molecule has 2 unspecified atom stereocenters. The topological polar surface area (TPSA) is 99.8 Å². The van der Waals surface area contributed by atoms with E-state index in [4.69, 9.17) is 16.3 Å². The van der Waals surface area contributed by atoms with Crippen LogP contribution in [0.25, 0.3) is 0 Å². The summed E-state index contributed by atoms with van der Waals surface area (Å²) in [4.78, 5) is 38.2. The Morgan fingerprint density at radius 1 is 1.12 bits per heavy atom. The van der Waals surface area contributed by atoms with Crippen LogP contribution in [0.4, 0.5) is 15.3 Å². The summed E-state index contributed by atoms with van der Waals surface area (Å²) in [7, 11) is 0. The van der Waals surface area contributed by atoms with Gasteiger partial charge in [-0.15, -0.1) is 0 Å². The molecule has 1 saturated heterocycles. The molecule has 0 aliphatic carbocycles. The first kappa shape index (κ1) is 24.4. The van der Waals surface area contributed by atoms with Crippen molar-refractivity contribution in [1.82, 2.24) is 15.5 Å². The van der Waals surface area contributed by atoms with Gasteiger partial charge < -0.3 is 20.3 Å². The summed E-state index contributed by atoms with van der Waals surface area (Å²) in [6.45, 7) is 4.09. The van der Waals surface area contributed by atoms with Crippen LogP contribution >= 0.6 is 11.6 Å². The summed E-state index contributed by atoms with van der Waals surface area (Å²) < 4.78 is 5.40. The molecule has 1 aliphatic heterocycles. The van der Waals surface area contributed by atoms with Crippen molar-refractivity contribution in [3.8, 4) is 0 Å². The summed E-state index contributed by atoms with van der Waals surface area (Å²) >= 11 is 6.17. The maximum absolute atomic E-state index is 12.9. The number of anilines is 1. The van der Waals surface area contributed by atoms with Gasteiger partial charge in [-0.25, -0.2) is 9.59 Å². The number of carbonyl (C=O) groups is 3. The molecule has 0 saturated carbocycles. The van der Waals surface area contributed by atoms with E-state index in [0.717, 1.165) is 12.0 Å². The second kappa shape index (κ2) is 11.6. The van der Waals surface area contributed by atoms with Crippen LogP contribution in [0.3, 0.4) is 0 Å². The minimum Gasteiger partial charge on any atom is -0.447 e. The van der Waals surface area contributed by atoms with Crippen LogP contribution in [-0.2, 0) is 22.5 Å². The normalized spacial score (nSPS) is 17.4. The number of nitrogens with one attached hydrogen (secondary N) is 3. The molecular formula is C24H29ClN4O4. The van der Waals surface area contributed by atoms with Gasteiger partial charge in [0.1, 0.15) is 6.61 Å². The van der Waals surface area contributed by atoms with Gasteiger partial charge in [0.15, 0.2) is 0 Å². The van der Waals surface area contributed by atoms with E-state index >= 15 is 0 Å². The molecule has 4 amide bonds. The quantitative estimate of drug-likeness (QED) is 0.568. The Morgan fingerprint density at radius 3 is 2.52 bits per heavy atom. The average molecular weight is 473 g/mol. The summed E-state index contributed by atoms with van der Waals surface area (Å²) in [5, 5.41) is 8.96. The summed E-state index contributed by atoms with van der Waals surface area (Å²) in [6.07, 6.45) is 0.798. The zero-order valence-corrected chi connectivity index (χ0v) is 19.5. The Hall–Kier alpha value is -3.26. The van der Waals surface area contributed by atoms with Crippen molar-refractivity contribution in [2.45, 2.75) is 45.3 Å². The Bertz CT molecular complexity index is 983. The molecular weight excluding hydrogens is 444 g/mol. The number of likely N-dealkylation sites (tertiary alicyclic amines) is 1. The first-order valence-electron chi connectivity index (χ1n) is 10.9. The lowest BCUT2D eigenvalue weighted by Crippen LogP contribution is -2.45. The third-order valence-electron chi connectivity index (χ3n) is 5.49. The van der Waals surface area contributed by atoms with E-state index in [0.29, 0.717) is 23.7 Å². The fourth-order valence-electron chi connectivity index (χ4n) is 3.78. The molecule has 33 heavy (non-hydrogen) atoms. The number of nitrogens with zero attached hydrogens (tertiary/aromatic N) is 1. The van der Waals surface area contributed by atoms with Gasteiger partial charge in [0, 0.05) is 36.8 Å². The predicted octanol–water partition coefficient (Wildman–Crippen LogP) is 3.94. The van der Waals surface area contributed by atoms with Crippen LogP contribution in [0.1, 0.15) is 31.4 Å². The Balaban J connectivity index is 1.57. The highest BCUT2D eigenvalue weighted by molar-refractivity contribution is 6.31. The average Bonchev–Trinajstić information content (AvgIpc) is 3.19. The van der Waals surface area contributed by atoms with Crippen molar-refractivity contribution in [1.29, 1.82) is 0 Å². The smallest absolute Gasteiger partial charge is 0.411 e. The molecule has 0 aromatic heterocycles. The van der Waals surface area contributed by atoms with Crippen LogP contribution in [0.15, 0.2) is 48.5 Å². The molecule has 2 aromatic carbocycles. The van der Waals surface area contributed by atoms with Crippen LogP contribution in [0.5, 0.6) is 0 Å². The van der Waals surface area contributed by atoms with Gasteiger partial charge in [0.05, 0.1) is 6.04 Å². The standard InChI is InChI=1S/C24H29ClN4O4/c1-3-17-8-10-19(11-9-17)28-24(32)33-15-21-12-20(27-16(2)30)14-29(21)23(31)26-13-18-6-4-5-7-22(18)25/h4-11,20-21H,3,12-15H2,1-2H3,(H,26,31)(H,27,30)(H,28,32). The Kier molecular flexibility index (Phi) is 8.54. The maximum Gasteiger partial charge on any atom is 0.411 e. The van der Waals surface area contributed by atoms with E-state index in [2.05, 4.69) is 22.9 Å². The lowest BCUT2D eigenvalue weighted by molar-refractivity contribution is -0.119. The van der Waals surface area contributed by atoms with Crippen LogP contribution < -0.4 is 16.0 Å². The summed E-state index contributed by atoms with van der Waals surface area (Å²) in [6, 6.07) is 13.9. The van der Waals surface area contributed by atoms with Crippen molar-refractivity contribution >= 4 is 35.3 Å². The lowest BCUT2D eigenvalue weighted by atomic mass is 10.1. The number of aryl methyl sites for hydroxylation is 1. The molecule has 3 N–H and O–H groups in total. The monoisotopic (exact) mass is 472 g/mol. The second-order valence-electron chi connectivity index (χ2n) is 7.96. The number of ether oxygens (including phenoxy) is 1. The zero-order chi connectivity index (χ0) is 23.8. The number of halogens is 1. The highest BCUT2D eigenvalue weighted by Gasteiger charge is 2.36. The molecule has 2 aromatic rings. The Labute approximate surface area is 198 Å². The largest absolute Gasteiger partial charge is 0.447 e. The van der Waals surface area contributed by atoms with E-state index in [9.17, 15) is 14.4 Å². The van der Waals surface area contributed by atoms with Crippen LogP contribution in [0, 0.1) is 0 Å². The van der Waals surface area contributed by atoms with E-state index < -0.39 is 6.09 Å². The SMILES string of the molecule is CCc1ccc(NC(=O)OCC2CC(NC(C)=O)CN2C(=O)NCc2ccccc2Cl)cc1. The van der Waals surface area contributed by atoms with Crippen molar-refractivity contribution in [3.63, 3.8) is 0 Å². The predicted molar refractivity (Wildman–Crippen MR) is 127 cm³/mol. The molecule has 176 valence electrons. The van der Waals surface area contributed by atoms with E-state index in [1.807, 2.05) is 42.5 Å². The third-order valence-corrected chi connectivity index (χ3v) is 5.85. The number of urea groups is 1. The van der Waals surface area contributed by atoms with Crippen LogP contribution in [-0.4, -0.2) is 48.2 Å². The highest BCUT2D eigenvalue weighted by Crippen LogP contribution is 2.20. The number of hydrogen-bond donors (Lipinski definition) is 3. The summed E-state index contributed by atoms with van der Waals surface area (Å²) in [5.41, 5.74) is 2.60. The van der Waals surface area contributed by atoms with Gasteiger partial charge in [-0.05, 0) is 42.2 Å². The zero-order valence-electron chi connectivity index (χ0n) is 18.8. The maximum atomic E-state index is 12.9. The molecule has 1 aliphatic rings. The highest BCUT2D eigenvalue weighted by atomic mass is 35.5. The molecule has 0 spiro atoms. The fourth-order valence-corrected chi connectivity index (χ4v) is 3.98. The van der Waals surface area contributed by atoms with Crippen molar-refractivity contribution in [2.75, 3.05) is 18.5 Å². The molecule has 3 rings (SSSR count). The number of hydrogen-bond acceptors (Lipinski definition) is 4. The minimum absolute atomic E-state index is 0.00841. The van der Waals surface area contributed by atoms with Gasteiger partial charge in [-0.3, -0.25) is 10.1 Å². The van der Waals surface area contributed by atoms with Crippen LogP contribution in [0.2, 0.25) is 5.02 Å². The van der Waals surface area contributed by atoms with E-state index in [1.165, 1.54) is 12.5 Å². The molecule has 2 atom stereocenters. The van der Waals surface area contributed by atoms with Crippen molar-refractivity contribution in [2.24, 2.45) is 0 Å². The molecule has 1 heterocycles. The molecule has 0 bridgehead atoms. The van der Waals surface area contributed by atoms with Gasteiger partial charge in [0.25, 0.3) is 0 Å². The van der Waals surface area contributed by atoms with Gasteiger partial charge in [0.2, 0.25) is 5.91 Å². The first-order valence-corrected chi connectivity index (χ1v) is 11.3. The minimum atomic E-state index is -0.598. The van der Waals surface area contributed by atoms with Crippen molar-refractivity contribution in [3.05, 3.63) is 64.7 Å². The lowest BCUT2D eigenvalue weighted by Gasteiger charge is -2.24. The number of carbonyl (C=O) groups excluding carboxylic acids is 3. The molecule has 9 heteroatoms. The van der Waals surface area contributed by atoms with Gasteiger partial charge in [-0.2, -0.15) is 0 Å².